The monoisotopic (exact) mass is 319 g/mol. The highest BCUT2D eigenvalue weighted by Crippen LogP contribution is 2.30. The molecule has 22 heavy (non-hydrogen) atoms. The molecular weight excluding hydrogens is 298 g/mol. The minimum atomic E-state index is 0.380. The van der Waals surface area contributed by atoms with Crippen molar-refractivity contribution < 1.29 is 4.74 Å². The number of aryl methyl sites for hydroxylation is 1. The van der Waals surface area contributed by atoms with E-state index in [1.54, 1.807) is 7.11 Å². The van der Waals surface area contributed by atoms with Crippen molar-refractivity contribution in [1.82, 2.24) is 15.1 Å². The third-order valence-corrected chi connectivity index (χ3v) is 4.63. The van der Waals surface area contributed by atoms with Crippen LogP contribution in [0.3, 0.4) is 0 Å². The van der Waals surface area contributed by atoms with Gasteiger partial charge in [0.1, 0.15) is 5.75 Å². The third-order valence-electron chi connectivity index (χ3n) is 4.33. The van der Waals surface area contributed by atoms with Gasteiger partial charge in [0.25, 0.3) is 0 Å². The van der Waals surface area contributed by atoms with Crippen LogP contribution in [-0.4, -0.2) is 16.9 Å². The second-order valence-electron chi connectivity index (χ2n) is 5.66. The average molecular weight is 320 g/mol. The van der Waals surface area contributed by atoms with E-state index in [1.807, 2.05) is 18.3 Å². The lowest BCUT2D eigenvalue weighted by atomic mass is 9.93. The number of fused-ring (bicyclic) bond motifs is 1. The van der Waals surface area contributed by atoms with Gasteiger partial charge in [0, 0.05) is 30.4 Å². The van der Waals surface area contributed by atoms with Crippen molar-refractivity contribution in [1.29, 1.82) is 0 Å². The minimum Gasteiger partial charge on any atom is -0.495 e. The molecule has 2 aromatic rings. The van der Waals surface area contributed by atoms with Crippen LogP contribution in [0.4, 0.5) is 0 Å². The van der Waals surface area contributed by atoms with Crippen molar-refractivity contribution in [2.75, 3.05) is 7.11 Å². The summed E-state index contributed by atoms with van der Waals surface area (Å²) in [5, 5.41) is 8.80. The van der Waals surface area contributed by atoms with Crippen LogP contribution < -0.4 is 10.1 Å². The molecule has 1 aliphatic rings. The first kappa shape index (κ1) is 15.4. The van der Waals surface area contributed by atoms with Crippen LogP contribution in [0.15, 0.2) is 24.4 Å². The summed E-state index contributed by atoms with van der Waals surface area (Å²) >= 11 is 6.19. The molecule has 0 spiro atoms. The summed E-state index contributed by atoms with van der Waals surface area (Å²) in [6.45, 7) is 3.88. The molecule has 1 aromatic carbocycles. The Kier molecular flexibility index (Phi) is 4.69. The molecule has 0 saturated heterocycles. The van der Waals surface area contributed by atoms with Crippen LogP contribution in [0.2, 0.25) is 5.02 Å². The summed E-state index contributed by atoms with van der Waals surface area (Å²) in [6.07, 6.45) is 5.53. The second-order valence-corrected chi connectivity index (χ2v) is 6.06. The molecule has 118 valence electrons. The zero-order valence-corrected chi connectivity index (χ0v) is 13.9. The van der Waals surface area contributed by atoms with Gasteiger partial charge in [0.2, 0.25) is 0 Å². The van der Waals surface area contributed by atoms with Gasteiger partial charge >= 0.3 is 0 Å². The predicted molar refractivity (Wildman–Crippen MR) is 88.4 cm³/mol. The smallest absolute Gasteiger partial charge is 0.137 e. The normalized spacial score (nSPS) is 17.3. The Morgan fingerprint density at radius 2 is 2.32 bits per heavy atom. The van der Waals surface area contributed by atoms with Gasteiger partial charge in [-0.3, -0.25) is 4.68 Å². The van der Waals surface area contributed by atoms with Gasteiger partial charge in [-0.1, -0.05) is 17.7 Å². The summed E-state index contributed by atoms with van der Waals surface area (Å²) in [7, 11) is 1.63. The molecule has 0 saturated carbocycles. The third kappa shape index (κ3) is 2.99. The zero-order valence-electron chi connectivity index (χ0n) is 13.1. The molecule has 0 aliphatic heterocycles. The molecular formula is C17H22ClN3O. The van der Waals surface area contributed by atoms with Gasteiger partial charge in [-0.05, 0) is 43.9 Å². The van der Waals surface area contributed by atoms with Crippen molar-refractivity contribution >= 4 is 11.6 Å². The SMILES string of the molecule is CCn1ncc2c1CCCC2NCc1ccc(OC)c(Cl)c1. The van der Waals surface area contributed by atoms with Crippen LogP contribution in [0.5, 0.6) is 5.75 Å². The second kappa shape index (κ2) is 6.71. The number of nitrogens with zero attached hydrogens (tertiary/aromatic N) is 2. The topological polar surface area (TPSA) is 39.1 Å². The first-order valence-electron chi connectivity index (χ1n) is 7.83. The highest BCUT2D eigenvalue weighted by Gasteiger charge is 2.23. The van der Waals surface area contributed by atoms with Crippen LogP contribution in [0.25, 0.3) is 0 Å². The van der Waals surface area contributed by atoms with E-state index >= 15 is 0 Å². The molecule has 1 aliphatic carbocycles. The quantitative estimate of drug-likeness (QED) is 0.912. The van der Waals surface area contributed by atoms with Crippen molar-refractivity contribution in [3.8, 4) is 5.75 Å². The number of aromatic nitrogens is 2. The molecule has 1 atom stereocenters. The maximum Gasteiger partial charge on any atom is 0.137 e. The fourth-order valence-corrected chi connectivity index (χ4v) is 3.44. The summed E-state index contributed by atoms with van der Waals surface area (Å²) in [4.78, 5) is 0. The Bertz CT molecular complexity index is 653. The van der Waals surface area contributed by atoms with Crippen molar-refractivity contribution in [2.45, 2.75) is 45.3 Å². The molecule has 0 bridgehead atoms. The minimum absolute atomic E-state index is 0.380. The molecule has 3 rings (SSSR count). The molecule has 1 heterocycles. The largest absolute Gasteiger partial charge is 0.495 e. The number of methoxy groups -OCH3 is 1. The molecule has 1 aromatic heterocycles. The van der Waals surface area contributed by atoms with Crippen LogP contribution >= 0.6 is 11.6 Å². The maximum absolute atomic E-state index is 6.19. The van der Waals surface area contributed by atoms with Gasteiger partial charge in [-0.25, -0.2) is 0 Å². The number of benzene rings is 1. The molecule has 1 unspecified atom stereocenters. The van der Waals surface area contributed by atoms with E-state index in [0.717, 1.165) is 31.7 Å². The van der Waals surface area contributed by atoms with Gasteiger partial charge < -0.3 is 10.1 Å². The number of halogens is 1. The summed E-state index contributed by atoms with van der Waals surface area (Å²) in [5.74, 6) is 0.717. The highest BCUT2D eigenvalue weighted by atomic mass is 35.5. The molecule has 0 radical (unpaired) electrons. The molecule has 5 heteroatoms. The fraction of sp³-hybridized carbons (Fsp3) is 0.471. The number of hydrogen-bond donors (Lipinski definition) is 1. The number of rotatable bonds is 5. The summed E-state index contributed by atoms with van der Waals surface area (Å²) in [6, 6.07) is 6.31. The Hall–Kier alpha value is -1.52. The van der Waals surface area contributed by atoms with Gasteiger partial charge in [-0.2, -0.15) is 5.10 Å². The van der Waals surface area contributed by atoms with Gasteiger partial charge in [-0.15, -0.1) is 0 Å². The Labute approximate surface area is 136 Å². The average Bonchev–Trinajstić information content (AvgIpc) is 2.96. The van der Waals surface area contributed by atoms with E-state index < -0.39 is 0 Å². The first-order chi connectivity index (χ1) is 10.7. The summed E-state index contributed by atoms with van der Waals surface area (Å²) in [5.41, 5.74) is 3.91. The number of ether oxygens (including phenoxy) is 1. The first-order valence-corrected chi connectivity index (χ1v) is 8.21. The highest BCUT2D eigenvalue weighted by molar-refractivity contribution is 6.32. The van der Waals surface area contributed by atoms with E-state index in [2.05, 4.69) is 28.1 Å². The molecule has 1 N–H and O–H groups in total. The van der Waals surface area contributed by atoms with Gasteiger partial charge in [0.15, 0.2) is 0 Å². The Morgan fingerprint density at radius 3 is 3.05 bits per heavy atom. The zero-order chi connectivity index (χ0) is 15.5. The Morgan fingerprint density at radius 1 is 1.45 bits per heavy atom. The van der Waals surface area contributed by atoms with Crippen LogP contribution in [0, 0.1) is 0 Å². The predicted octanol–water partition coefficient (Wildman–Crippen LogP) is 3.73. The van der Waals surface area contributed by atoms with Crippen LogP contribution in [-0.2, 0) is 19.5 Å². The maximum atomic E-state index is 6.19. The van der Waals surface area contributed by atoms with Crippen molar-refractivity contribution in [2.24, 2.45) is 0 Å². The van der Waals surface area contributed by atoms with E-state index in [0.29, 0.717) is 11.1 Å². The molecule has 0 fully saturated rings. The van der Waals surface area contributed by atoms with E-state index in [4.69, 9.17) is 16.3 Å². The van der Waals surface area contributed by atoms with E-state index in [1.165, 1.54) is 23.2 Å². The van der Waals surface area contributed by atoms with Gasteiger partial charge in [0.05, 0.1) is 18.3 Å². The molecule has 4 nitrogen and oxygen atoms in total. The number of hydrogen-bond acceptors (Lipinski definition) is 3. The van der Waals surface area contributed by atoms with E-state index in [-0.39, 0.29) is 0 Å². The standard InChI is InChI=1S/C17H22ClN3O/c1-3-21-16-6-4-5-15(13(16)11-20-21)19-10-12-7-8-17(22-2)14(18)9-12/h7-9,11,15,19H,3-6,10H2,1-2H3. The molecule has 0 amide bonds. The lowest BCUT2D eigenvalue weighted by Gasteiger charge is -2.24. The Balaban J connectivity index is 1.70. The van der Waals surface area contributed by atoms with Crippen molar-refractivity contribution in [3.63, 3.8) is 0 Å². The lowest BCUT2D eigenvalue weighted by molar-refractivity contribution is 0.414. The van der Waals surface area contributed by atoms with Crippen LogP contribution in [0.1, 0.15) is 42.6 Å². The lowest BCUT2D eigenvalue weighted by Crippen LogP contribution is -2.25. The summed E-state index contributed by atoms with van der Waals surface area (Å²) < 4.78 is 7.31. The fourth-order valence-electron chi connectivity index (χ4n) is 3.16. The number of nitrogens with one attached hydrogen (secondary N) is 1. The van der Waals surface area contributed by atoms with Crippen molar-refractivity contribution in [3.05, 3.63) is 46.2 Å². The van der Waals surface area contributed by atoms with E-state index in [9.17, 15) is 0 Å².